The molecule has 60 heavy (non-hydrogen) atoms. The van der Waals surface area contributed by atoms with Gasteiger partial charge in [-0.05, 0) is 98.7 Å². The van der Waals surface area contributed by atoms with E-state index in [-0.39, 0.29) is 29.6 Å². The summed E-state index contributed by atoms with van der Waals surface area (Å²) in [6.07, 6.45) is -9.25. The van der Waals surface area contributed by atoms with Gasteiger partial charge in [0.25, 0.3) is 0 Å². The summed E-state index contributed by atoms with van der Waals surface area (Å²) >= 11 is 0. The molecule has 16 heteroatoms. The Morgan fingerprint density at radius 2 is 1.48 bits per heavy atom. The Morgan fingerprint density at radius 1 is 0.733 bits per heavy atom. The van der Waals surface area contributed by atoms with Gasteiger partial charge in [-0.3, -0.25) is 0 Å². The number of aliphatic hydroxyl groups excluding tert-OH is 8. The summed E-state index contributed by atoms with van der Waals surface area (Å²) in [4.78, 5) is 0. The molecule has 4 aliphatic carbocycles. The molecule has 0 aromatic carbocycles. The molecule has 0 aromatic rings. The number of hydrogen-bond donors (Lipinski definition) is 8. The standard InChI is InChI=1S/C44H70O16/c1-19-8-13-44(54-17-19)20(2)30-28(60-44)15-26-24-7-6-22-14-23(9-11-42(22,4)25(24)10-12-43(26,30)5)56-41-38(59-40-35(51)33(49)31(47)21(3)55-40)36(52)37(29(16-45)57-41)58-39-34(50)32(48)27(46)18-53-39/h6,19-21,23-41,45-52H,7-18H2,1-5H3/t19?,20?,21?,23?,24-,25+,26-,27?,28+,29?,30-,31?,32?,33?,34?,35?,36?,37?,38?,39?,40?,41?,42-,43-,44+/m0/s1. The van der Waals surface area contributed by atoms with E-state index >= 15 is 0 Å². The van der Waals surface area contributed by atoms with Crippen molar-refractivity contribution < 1.29 is 78.7 Å². The Hall–Kier alpha value is -0.900. The summed E-state index contributed by atoms with van der Waals surface area (Å²) in [5.74, 6) is 2.65. The SMILES string of the molecule is CC1CC[C@@]2(OC1)O[C@@H]1C[C@H]3[C@H]4CC=C5CC(OC6OC(CO)C(OC7OCC(O)C(O)C7O)C(O)C6OC6OC(C)C(O)C(O)C6O)CC[C@]5(C)[C@@H]4CC[C@]3(C)[C@H]1C2C. The quantitative estimate of drug-likeness (QED) is 0.166. The molecule has 1 spiro atoms. The van der Waals surface area contributed by atoms with Crippen LogP contribution in [-0.2, 0) is 37.9 Å². The maximum atomic E-state index is 11.9. The van der Waals surface area contributed by atoms with Crippen molar-refractivity contribution in [1.82, 2.24) is 0 Å². The van der Waals surface area contributed by atoms with Crippen LogP contribution in [0.15, 0.2) is 11.6 Å². The fraction of sp³-hybridized carbons (Fsp3) is 0.955. The summed E-state index contributed by atoms with van der Waals surface area (Å²) in [6, 6.07) is 0. The fourth-order valence-corrected chi connectivity index (χ4v) is 13.7. The number of aliphatic hydroxyl groups is 8. The van der Waals surface area contributed by atoms with E-state index in [2.05, 4.69) is 33.8 Å². The number of rotatable bonds is 7. The highest BCUT2D eigenvalue weighted by molar-refractivity contribution is 5.26. The minimum atomic E-state index is -1.70. The van der Waals surface area contributed by atoms with Gasteiger partial charge in [0.05, 0.1) is 38.1 Å². The maximum absolute atomic E-state index is 11.9. The molecule has 0 bridgehead atoms. The van der Waals surface area contributed by atoms with Crippen LogP contribution in [0.25, 0.3) is 0 Å². The molecule has 3 saturated carbocycles. The summed E-state index contributed by atoms with van der Waals surface area (Å²) in [7, 11) is 0. The predicted octanol–water partition coefficient (Wildman–Crippen LogP) is 0.853. The first-order valence-corrected chi connectivity index (χ1v) is 22.8. The molecule has 16 nitrogen and oxygen atoms in total. The highest BCUT2D eigenvalue weighted by atomic mass is 16.8. The normalized spacial score (nSPS) is 57.9. The van der Waals surface area contributed by atoms with Crippen LogP contribution in [0.3, 0.4) is 0 Å². The number of fused-ring (bicyclic) bond motifs is 7. The topological polar surface area (TPSA) is 236 Å². The lowest BCUT2D eigenvalue weighted by molar-refractivity contribution is -0.385. The molecule has 25 atom stereocenters. The number of hydrogen-bond acceptors (Lipinski definition) is 16. The van der Waals surface area contributed by atoms with Crippen LogP contribution in [0, 0.1) is 46.3 Å². The second-order valence-electron chi connectivity index (χ2n) is 20.6. The molecule has 5 heterocycles. The van der Waals surface area contributed by atoms with Crippen molar-refractivity contribution in [3.8, 4) is 0 Å². The first-order valence-electron chi connectivity index (χ1n) is 22.8. The zero-order valence-corrected chi connectivity index (χ0v) is 35.6. The van der Waals surface area contributed by atoms with Crippen LogP contribution < -0.4 is 0 Å². The van der Waals surface area contributed by atoms with Crippen LogP contribution >= 0.6 is 0 Å². The van der Waals surface area contributed by atoms with Gasteiger partial charge in [0.2, 0.25) is 0 Å². The maximum Gasteiger partial charge on any atom is 0.187 e. The summed E-state index contributed by atoms with van der Waals surface area (Å²) < 4.78 is 49.8. The van der Waals surface area contributed by atoms with Gasteiger partial charge in [0.1, 0.15) is 61.0 Å². The molecule has 8 fully saturated rings. The Kier molecular flexibility index (Phi) is 12.2. The first kappa shape index (κ1) is 44.3. The van der Waals surface area contributed by atoms with E-state index in [1.165, 1.54) is 18.9 Å². The largest absolute Gasteiger partial charge is 0.394 e. The minimum Gasteiger partial charge on any atom is -0.394 e. The molecular weight excluding hydrogens is 784 g/mol. The first-order chi connectivity index (χ1) is 28.5. The monoisotopic (exact) mass is 854 g/mol. The van der Waals surface area contributed by atoms with Gasteiger partial charge in [-0.1, -0.05) is 39.3 Å². The Bertz CT molecular complexity index is 1560. The Balaban J connectivity index is 0.913. The lowest BCUT2D eigenvalue weighted by atomic mass is 9.47. The van der Waals surface area contributed by atoms with Gasteiger partial charge in [-0.15, -0.1) is 0 Å². The van der Waals surface area contributed by atoms with Crippen molar-refractivity contribution in [2.75, 3.05) is 19.8 Å². The van der Waals surface area contributed by atoms with Crippen LogP contribution in [0.4, 0.5) is 0 Å². The Morgan fingerprint density at radius 3 is 2.22 bits per heavy atom. The molecule has 9 rings (SSSR count). The minimum absolute atomic E-state index is 0.0142. The van der Waals surface area contributed by atoms with Gasteiger partial charge in [-0.25, -0.2) is 0 Å². The van der Waals surface area contributed by atoms with E-state index < -0.39 is 98.4 Å². The summed E-state index contributed by atoms with van der Waals surface area (Å²) in [5, 5.41) is 85.1. The molecule has 9 aliphatic rings. The van der Waals surface area contributed by atoms with Crippen LogP contribution in [0.5, 0.6) is 0 Å². The van der Waals surface area contributed by atoms with Crippen molar-refractivity contribution in [3.05, 3.63) is 11.6 Å². The molecule has 8 N–H and O–H groups in total. The van der Waals surface area contributed by atoms with Gasteiger partial charge in [0.15, 0.2) is 24.7 Å². The zero-order valence-electron chi connectivity index (χ0n) is 35.6. The van der Waals surface area contributed by atoms with E-state index in [1.54, 1.807) is 0 Å². The third kappa shape index (κ3) is 7.19. The van der Waals surface area contributed by atoms with E-state index in [9.17, 15) is 40.9 Å². The smallest absolute Gasteiger partial charge is 0.187 e. The van der Waals surface area contributed by atoms with E-state index in [1.807, 2.05) is 0 Å². The van der Waals surface area contributed by atoms with E-state index in [0.29, 0.717) is 48.3 Å². The van der Waals surface area contributed by atoms with Crippen LogP contribution in [-0.4, -0.2) is 165 Å². The van der Waals surface area contributed by atoms with E-state index in [0.717, 1.165) is 45.1 Å². The van der Waals surface area contributed by atoms with Gasteiger partial charge >= 0.3 is 0 Å². The molecule has 0 amide bonds. The third-order valence-electron chi connectivity index (χ3n) is 17.3. The second-order valence-corrected chi connectivity index (χ2v) is 20.6. The Labute approximate surface area is 352 Å². The molecule has 17 unspecified atom stereocenters. The van der Waals surface area contributed by atoms with Gasteiger partial charge < -0.3 is 78.7 Å². The highest BCUT2D eigenvalue weighted by Crippen LogP contribution is 2.70. The fourth-order valence-electron chi connectivity index (χ4n) is 13.7. The van der Waals surface area contributed by atoms with Crippen LogP contribution in [0.1, 0.15) is 92.4 Å². The summed E-state index contributed by atoms with van der Waals surface area (Å²) in [5.41, 5.74) is 1.54. The molecule has 5 aliphatic heterocycles. The van der Waals surface area contributed by atoms with Crippen molar-refractivity contribution in [2.45, 2.75) is 196 Å². The lowest BCUT2D eigenvalue weighted by Gasteiger charge is -2.58. The van der Waals surface area contributed by atoms with Gasteiger partial charge in [-0.2, -0.15) is 0 Å². The molecule has 5 saturated heterocycles. The number of ether oxygens (including phenoxy) is 8. The van der Waals surface area contributed by atoms with Crippen molar-refractivity contribution >= 4 is 0 Å². The molecule has 342 valence electrons. The van der Waals surface area contributed by atoms with Crippen molar-refractivity contribution in [3.63, 3.8) is 0 Å². The molecule has 0 radical (unpaired) electrons. The average molecular weight is 855 g/mol. The van der Waals surface area contributed by atoms with Crippen molar-refractivity contribution in [2.24, 2.45) is 46.3 Å². The van der Waals surface area contributed by atoms with Crippen LogP contribution in [0.2, 0.25) is 0 Å². The average Bonchev–Trinajstić information content (AvgIpc) is 3.68. The highest BCUT2D eigenvalue weighted by Gasteiger charge is 2.69. The zero-order chi connectivity index (χ0) is 42.6. The molecular formula is C44H70O16. The van der Waals surface area contributed by atoms with Gasteiger partial charge in [0, 0.05) is 12.3 Å². The number of allylic oxidation sites excluding steroid dienone is 1. The lowest BCUT2D eigenvalue weighted by Crippen LogP contribution is -2.66. The van der Waals surface area contributed by atoms with Crippen molar-refractivity contribution in [1.29, 1.82) is 0 Å². The third-order valence-corrected chi connectivity index (χ3v) is 17.3. The molecule has 0 aromatic heterocycles. The second kappa shape index (κ2) is 16.5. The van der Waals surface area contributed by atoms with E-state index in [4.69, 9.17) is 37.9 Å². The predicted molar refractivity (Wildman–Crippen MR) is 208 cm³/mol. The summed E-state index contributed by atoms with van der Waals surface area (Å²) in [6.45, 7) is 10.9.